The SMILES string of the molecule is CC(C)(C)OC(=O)NCCC[n+]1ccc2cc(OCCON)ccc2c1. The molecule has 1 amide bonds. The summed E-state index contributed by atoms with van der Waals surface area (Å²) in [5.41, 5.74) is -0.475. The largest absolute Gasteiger partial charge is 0.491 e. The van der Waals surface area contributed by atoms with Gasteiger partial charge in [0.2, 0.25) is 0 Å². The zero-order chi connectivity index (χ0) is 19.0. The number of benzene rings is 1. The number of hydrogen-bond donors (Lipinski definition) is 2. The summed E-state index contributed by atoms with van der Waals surface area (Å²) in [6, 6.07) is 7.97. The Kier molecular flexibility index (Phi) is 7.17. The van der Waals surface area contributed by atoms with Crippen molar-refractivity contribution in [2.45, 2.75) is 39.3 Å². The van der Waals surface area contributed by atoms with Crippen molar-refractivity contribution < 1.29 is 23.7 Å². The second-order valence-corrected chi connectivity index (χ2v) is 6.97. The number of rotatable bonds is 8. The van der Waals surface area contributed by atoms with E-state index in [1.54, 1.807) is 0 Å². The molecule has 0 fully saturated rings. The maximum atomic E-state index is 11.6. The molecular formula is C19H28N3O4+. The van der Waals surface area contributed by atoms with Crippen molar-refractivity contribution in [2.24, 2.45) is 5.90 Å². The number of amides is 1. The lowest BCUT2D eigenvalue weighted by molar-refractivity contribution is -0.695. The van der Waals surface area contributed by atoms with Crippen LogP contribution in [0.5, 0.6) is 5.75 Å². The molecule has 1 aromatic heterocycles. The van der Waals surface area contributed by atoms with Gasteiger partial charge in [0.25, 0.3) is 0 Å². The van der Waals surface area contributed by atoms with Gasteiger partial charge >= 0.3 is 6.09 Å². The van der Waals surface area contributed by atoms with Crippen LogP contribution in [0.15, 0.2) is 36.7 Å². The van der Waals surface area contributed by atoms with E-state index in [-0.39, 0.29) is 6.09 Å². The highest BCUT2D eigenvalue weighted by Crippen LogP contribution is 2.19. The molecular weight excluding hydrogens is 334 g/mol. The van der Waals surface area contributed by atoms with Crippen molar-refractivity contribution in [1.29, 1.82) is 0 Å². The quantitative estimate of drug-likeness (QED) is 0.427. The zero-order valence-corrected chi connectivity index (χ0v) is 15.7. The number of aryl methyl sites for hydroxylation is 1. The van der Waals surface area contributed by atoms with E-state index in [0.29, 0.717) is 19.8 Å². The van der Waals surface area contributed by atoms with Crippen LogP contribution in [-0.4, -0.2) is 31.5 Å². The fraction of sp³-hybridized carbons (Fsp3) is 0.474. The van der Waals surface area contributed by atoms with Gasteiger partial charge in [-0.25, -0.2) is 15.3 Å². The van der Waals surface area contributed by atoms with Crippen LogP contribution < -0.4 is 20.5 Å². The van der Waals surface area contributed by atoms with E-state index < -0.39 is 5.60 Å². The van der Waals surface area contributed by atoms with Crippen LogP contribution in [0, 0.1) is 0 Å². The summed E-state index contributed by atoms with van der Waals surface area (Å²) < 4.78 is 12.9. The number of ether oxygens (including phenoxy) is 2. The molecule has 142 valence electrons. The molecule has 7 nitrogen and oxygen atoms in total. The summed E-state index contributed by atoms with van der Waals surface area (Å²) in [7, 11) is 0. The second kappa shape index (κ2) is 9.35. The van der Waals surface area contributed by atoms with Crippen LogP contribution in [0.3, 0.4) is 0 Å². The van der Waals surface area contributed by atoms with E-state index in [1.807, 2.05) is 51.2 Å². The van der Waals surface area contributed by atoms with Crippen molar-refractivity contribution in [3.8, 4) is 5.75 Å². The van der Waals surface area contributed by atoms with Crippen molar-refractivity contribution in [3.63, 3.8) is 0 Å². The molecule has 0 aliphatic rings. The highest BCUT2D eigenvalue weighted by molar-refractivity contribution is 5.82. The molecule has 1 heterocycles. The van der Waals surface area contributed by atoms with Gasteiger partial charge in [-0.3, -0.25) is 0 Å². The second-order valence-electron chi connectivity index (χ2n) is 6.97. The van der Waals surface area contributed by atoms with Gasteiger partial charge < -0.3 is 19.6 Å². The number of pyridine rings is 1. The number of fused-ring (bicyclic) bond motifs is 1. The van der Waals surface area contributed by atoms with Gasteiger partial charge in [-0.05, 0) is 44.4 Å². The van der Waals surface area contributed by atoms with E-state index in [9.17, 15) is 4.79 Å². The van der Waals surface area contributed by atoms with Crippen molar-refractivity contribution in [2.75, 3.05) is 19.8 Å². The minimum atomic E-state index is -0.475. The molecule has 3 N–H and O–H groups in total. The summed E-state index contributed by atoms with van der Waals surface area (Å²) in [6.07, 6.45) is 4.53. The van der Waals surface area contributed by atoms with Crippen LogP contribution in [0.4, 0.5) is 4.79 Å². The van der Waals surface area contributed by atoms with Crippen LogP contribution in [0.1, 0.15) is 27.2 Å². The standard InChI is InChI=1S/C19H27N3O4/c1-19(2,3)26-18(23)21-8-4-9-22-10-7-15-13-17(24-11-12-25-20)6-5-16(15)14-22/h5-7,10,13-14H,4,8-9,11-12,20H2,1-3H3/p+1. The van der Waals surface area contributed by atoms with E-state index in [0.717, 1.165) is 29.5 Å². The lowest BCUT2D eigenvalue weighted by atomic mass is 10.1. The maximum absolute atomic E-state index is 11.6. The fourth-order valence-electron chi connectivity index (χ4n) is 2.42. The zero-order valence-electron chi connectivity index (χ0n) is 15.7. The number of nitrogens with zero attached hydrogens (tertiary/aromatic N) is 1. The van der Waals surface area contributed by atoms with E-state index in [4.69, 9.17) is 15.4 Å². The number of aromatic nitrogens is 1. The molecule has 26 heavy (non-hydrogen) atoms. The molecule has 0 aliphatic carbocycles. The molecule has 0 saturated carbocycles. The molecule has 0 spiro atoms. The molecule has 2 rings (SSSR count). The van der Waals surface area contributed by atoms with E-state index in [2.05, 4.69) is 20.9 Å². The smallest absolute Gasteiger partial charge is 0.407 e. The monoisotopic (exact) mass is 362 g/mol. The number of nitrogens with two attached hydrogens (primary N) is 1. The number of carbonyl (C=O) groups excluding carboxylic acids is 1. The number of alkyl carbamates (subject to hydrolysis) is 1. The molecule has 0 bridgehead atoms. The molecule has 0 aliphatic heterocycles. The van der Waals surface area contributed by atoms with Crippen molar-refractivity contribution in [1.82, 2.24) is 5.32 Å². The first-order valence-corrected chi connectivity index (χ1v) is 8.71. The Labute approximate surface area is 154 Å². The molecule has 0 radical (unpaired) electrons. The highest BCUT2D eigenvalue weighted by atomic mass is 16.6. The molecule has 2 aromatic rings. The molecule has 0 saturated heterocycles. The molecule has 0 unspecified atom stereocenters. The third-order valence-corrected chi connectivity index (χ3v) is 3.54. The van der Waals surface area contributed by atoms with Crippen LogP contribution in [0.25, 0.3) is 10.8 Å². The first kappa shape index (κ1) is 19.9. The Balaban J connectivity index is 1.83. The summed E-state index contributed by atoms with van der Waals surface area (Å²) in [4.78, 5) is 16.1. The average Bonchev–Trinajstić information content (AvgIpc) is 2.57. The highest BCUT2D eigenvalue weighted by Gasteiger charge is 2.15. The van der Waals surface area contributed by atoms with Crippen LogP contribution >= 0.6 is 0 Å². The Morgan fingerprint density at radius 2 is 2.00 bits per heavy atom. The Morgan fingerprint density at radius 3 is 2.73 bits per heavy atom. The van der Waals surface area contributed by atoms with E-state index in [1.165, 1.54) is 0 Å². The van der Waals surface area contributed by atoms with Gasteiger partial charge in [0.05, 0.1) is 0 Å². The average molecular weight is 362 g/mol. The Hall–Kier alpha value is -2.38. The van der Waals surface area contributed by atoms with Crippen LogP contribution in [0.2, 0.25) is 0 Å². The van der Waals surface area contributed by atoms with E-state index >= 15 is 0 Å². The predicted molar refractivity (Wildman–Crippen MR) is 98.6 cm³/mol. The summed E-state index contributed by atoms with van der Waals surface area (Å²) in [6.45, 7) is 7.68. The minimum Gasteiger partial charge on any atom is -0.491 e. The Bertz CT molecular complexity index is 728. The van der Waals surface area contributed by atoms with Gasteiger partial charge in [0.15, 0.2) is 12.4 Å². The normalized spacial score (nSPS) is 11.4. The van der Waals surface area contributed by atoms with Gasteiger partial charge in [-0.15, -0.1) is 0 Å². The van der Waals surface area contributed by atoms with Gasteiger partial charge in [0, 0.05) is 24.4 Å². The molecule has 1 aromatic carbocycles. The van der Waals surface area contributed by atoms with Gasteiger partial charge in [-0.1, -0.05) is 0 Å². The number of nitrogens with one attached hydrogen (secondary N) is 1. The molecule has 7 heteroatoms. The lowest BCUT2D eigenvalue weighted by Gasteiger charge is -2.19. The Morgan fingerprint density at radius 1 is 1.19 bits per heavy atom. The lowest BCUT2D eigenvalue weighted by Crippen LogP contribution is -2.37. The first-order valence-electron chi connectivity index (χ1n) is 8.71. The maximum Gasteiger partial charge on any atom is 0.407 e. The fourth-order valence-corrected chi connectivity index (χ4v) is 2.42. The summed E-state index contributed by atoms with van der Waals surface area (Å²) >= 11 is 0. The van der Waals surface area contributed by atoms with Gasteiger partial charge in [-0.2, -0.15) is 0 Å². The van der Waals surface area contributed by atoms with Crippen molar-refractivity contribution >= 4 is 16.9 Å². The molecule has 0 atom stereocenters. The third kappa shape index (κ3) is 6.85. The third-order valence-electron chi connectivity index (χ3n) is 3.54. The predicted octanol–water partition coefficient (Wildman–Crippen LogP) is 2.31. The minimum absolute atomic E-state index is 0.351. The topological polar surface area (TPSA) is 86.7 Å². The summed E-state index contributed by atoms with van der Waals surface area (Å²) in [5.74, 6) is 5.77. The van der Waals surface area contributed by atoms with Crippen LogP contribution in [-0.2, 0) is 16.1 Å². The summed E-state index contributed by atoms with van der Waals surface area (Å²) in [5, 5.41) is 4.99. The number of carbonyl (C=O) groups is 1. The first-order chi connectivity index (χ1) is 12.4. The van der Waals surface area contributed by atoms with Crippen molar-refractivity contribution in [3.05, 3.63) is 36.7 Å². The number of hydrogen-bond acceptors (Lipinski definition) is 5. The van der Waals surface area contributed by atoms with Gasteiger partial charge in [0.1, 0.15) is 31.1 Å².